The number of benzene rings is 1. The van der Waals surface area contributed by atoms with Crippen molar-refractivity contribution in [1.82, 2.24) is 4.98 Å². The third-order valence-corrected chi connectivity index (χ3v) is 3.63. The summed E-state index contributed by atoms with van der Waals surface area (Å²) in [7, 11) is 0. The second-order valence-corrected chi connectivity index (χ2v) is 6.03. The summed E-state index contributed by atoms with van der Waals surface area (Å²) in [5.74, 6) is 0. The Morgan fingerprint density at radius 1 is 1.28 bits per heavy atom. The average molecular weight is 263 g/mol. The van der Waals surface area contributed by atoms with Gasteiger partial charge in [0, 0.05) is 5.39 Å². The number of fused-ring (bicyclic) bond motifs is 1. The molecule has 0 aliphatic carbocycles. The lowest BCUT2D eigenvalue weighted by atomic mass is 9.85. The Morgan fingerprint density at radius 2 is 2.00 bits per heavy atom. The molecule has 3 heteroatoms. The van der Waals surface area contributed by atoms with Gasteiger partial charge in [-0.15, -0.1) is 0 Å². The van der Waals surface area contributed by atoms with Gasteiger partial charge in [-0.3, -0.25) is 0 Å². The number of hydrogen-bond donors (Lipinski definition) is 1. The van der Waals surface area contributed by atoms with Gasteiger partial charge in [-0.1, -0.05) is 31.5 Å². The number of rotatable bonds is 3. The van der Waals surface area contributed by atoms with Crippen molar-refractivity contribution in [3.63, 3.8) is 0 Å². The molecule has 1 aromatic heterocycles. The van der Waals surface area contributed by atoms with E-state index in [4.69, 9.17) is 17.3 Å². The molecule has 18 heavy (non-hydrogen) atoms. The van der Waals surface area contributed by atoms with Crippen LogP contribution < -0.4 is 5.73 Å². The second kappa shape index (κ2) is 4.87. The van der Waals surface area contributed by atoms with Crippen molar-refractivity contribution >= 4 is 22.5 Å². The van der Waals surface area contributed by atoms with Crippen molar-refractivity contribution in [1.29, 1.82) is 0 Å². The molecule has 0 fully saturated rings. The monoisotopic (exact) mass is 262 g/mol. The third kappa shape index (κ3) is 2.82. The molecule has 0 amide bonds. The molecule has 1 aromatic carbocycles. The molecule has 0 spiro atoms. The van der Waals surface area contributed by atoms with Gasteiger partial charge in [-0.25, -0.2) is 4.98 Å². The Morgan fingerprint density at radius 3 is 2.67 bits per heavy atom. The van der Waals surface area contributed by atoms with Crippen molar-refractivity contribution in [3.05, 3.63) is 40.5 Å². The van der Waals surface area contributed by atoms with Crippen LogP contribution in [0.2, 0.25) is 5.15 Å². The van der Waals surface area contributed by atoms with E-state index >= 15 is 0 Å². The van der Waals surface area contributed by atoms with Crippen LogP contribution in [0.1, 0.15) is 25.0 Å². The molecule has 2 rings (SSSR count). The minimum atomic E-state index is 0.128. The van der Waals surface area contributed by atoms with E-state index in [1.165, 1.54) is 5.56 Å². The quantitative estimate of drug-likeness (QED) is 0.856. The largest absolute Gasteiger partial charge is 0.330 e. The molecular weight excluding hydrogens is 244 g/mol. The number of nitrogens with two attached hydrogens (primary N) is 1. The lowest BCUT2D eigenvalue weighted by molar-refractivity contribution is 0.377. The fourth-order valence-corrected chi connectivity index (χ4v) is 2.19. The minimum Gasteiger partial charge on any atom is -0.330 e. The second-order valence-electron chi connectivity index (χ2n) is 5.67. The molecule has 0 saturated heterocycles. The first-order valence-corrected chi connectivity index (χ1v) is 6.55. The van der Waals surface area contributed by atoms with E-state index in [0.717, 1.165) is 22.9 Å². The zero-order chi connectivity index (χ0) is 13.3. The van der Waals surface area contributed by atoms with Crippen LogP contribution in [0.4, 0.5) is 0 Å². The van der Waals surface area contributed by atoms with E-state index in [-0.39, 0.29) is 5.41 Å². The molecule has 1 heterocycles. The van der Waals surface area contributed by atoms with E-state index in [1.807, 2.05) is 13.0 Å². The SMILES string of the molecule is Cc1cc2cc(CC(C)(C)CN)ccc2nc1Cl. The Hall–Kier alpha value is -1.12. The summed E-state index contributed by atoms with van der Waals surface area (Å²) in [6.45, 7) is 7.03. The zero-order valence-electron chi connectivity index (χ0n) is 11.1. The van der Waals surface area contributed by atoms with Gasteiger partial charge in [-0.05, 0) is 54.6 Å². The van der Waals surface area contributed by atoms with Gasteiger partial charge in [0.25, 0.3) is 0 Å². The fraction of sp³-hybridized carbons (Fsp3) is 0.400. The molecule has 0 atom stereocenters. The molecule has 0 bridgehead atoms. The molecule has 2 aromatic rings. The lowest BCUT2D eigenvalue weighted by Gasteiger charge is -2.22. The minimum absolute atomic E-state index is 0.128. The fourth-order valence-electron chi connectivity index (χ4n) is 2.04. The highest BCUT2D eigenvalue weighted by Gasteiger charge is 2.16. The van der Waals surface area contributed by atoms with Gasteiger partial charge in [0.05, 0.1) is 5.52 Å². The maximum atomic E-state index is 6.03. The summed E-state index contributed by atoms with van der Waals surface area (Å²) in [5, 5.41) is 1.72. The summed E-state index contributed by atoms with van der Waals surface area (Å²) < 4.78 is 0. The van der Waals surface area contributed by atoms with Crippen LogP contribution in [-0.4, -0.2) is 11.5 Å². The van der Waals surface area contributed by atoms with Gasteiger partial charge in [-0.2, -0.15) is 0 Å². The zero-order valence-corrected chi connectivity index (χ0v) is 11.9. The van der Waals surface area contributed by atoms with Crippen molar-refractivity contribution < 1.29 is 0 Å². The Kier molecular flexibility index (Phi) is 3.60. The molecule has 96 valence electrons. The first-order valence-electron chi connectivity index (χ1n) is 6.17. The van der Waals surface area contributed by atoms with E-state index in [2.05, 4.69) is 37.0 Å². The highest BCUT2D eigenvalue weighted by Crippen LogP contribution is 2.25. The normalized spacial score (nSPS) is 12.1. The molecule has 0 radical (unpaired) electrons. The Bertz CT molecular complexity index is 576. The van der Waals surface area contributed by atoms with Crippen molar-refractivity contribution in [2.75, 3.05) is 6.54 Å². The van der Waals surface area contributed by atoms with Crippen LogP contribution in [0.25, 0.3) is 10.9 Å². The van der Waals surface area contributed by atoms with Crippen molar-refractivity contribution in [2.24, 2.45) is 11.1 Å². The van der Waals surface area contributed by atoms with Crippen LogP contribution in [0, 0.1) is 12.3 Å². The molecule has 2 N–H and O–H groups in total. The Labute approximate surface area is 113 Å². The van der Waals surface area contributed by atoms with Crippen molar-refractivity contribution in [3.8, 4) is 0 Å². The van der Waals surface area contributed by atoms with Crippen LogP contribution in [0.15, 0.2) is 24.3 Å². The van der Waals surface area contributed by atoms with Gasteiger partial charge in [0.1, 0.15) is 5.15 Å². The van der Waals surface area contributed by atoms with Crippen LogP contribution >= 0.6 is 11.6 Å². The smallest absolute Gasteiger partial charge is 0.132 e. The molecule has 0 unspecified atom stereocenters. The predicted molar refractivity (Wildman–Crippen MR) is 78.0 cm³/mol. The topological polar surface area (TPSA) is 38.9 Å². The number of aryl methyl sites for hydroxylation is 1. The first-order chi connectivity index (χ1) is 8.41. The molecule has 2 nitrogen and oxygen atoms in total. The van der Waals surface area contributed by atoms with E-state index < -0.39 is 0 Å². The number of hydrogen-bond acceptors (Lipinski definition) is 2. The highest BCUT2D eigenvalue weighted by molar-refractivity contribution is 6.30. The Balaban J connectivity index is 2.41. The number of aromatic nitrogens is 1. The summed E-state index contributed by atoms with van der Waals surface area (Å²) >= 11 is 6.03. The molecular formula is C15H19ClN2. The lowest BCUT2D eigenvalue weighted by Crippen LogP contribution is -2.25. The van der Waals surface area contributed by atoms with Crippen LogP contribution in [0.5, 0.6) is 0 Å². The van der Waals surface area contributed by atoms with Crippen LogP contribution in [-0.2, 0) is 6.42 Å². The van der Waals surface area contributed by atoms with Gasteiger partial charge in [0.2, 0.25) is 0 Å². The maximum absolute atomic E-state index is 6.03. The molecule has 0 saturated carbocycles. The third-order valence-electron chi connectivity index (χ3n) is 3.24. The van der Waals surface area contributed by atoms with Crippen LogP contribution in [0.3, 0.4) is 0 Å². The standard InChI is InChI=1S/C15H19ClN2/c1-10-6-12-7-11(8-15(2,3)9-17)4-5-13(12)18-14(10)16/h4-7H,8-9,17H2,1-3H3. The predicted octanol–water partition coefficient (Wildman–Crippen LogP) is 3.72. The number of nitrogens with zero attached hydrogens (tertiary/aromatic N) is 1. The maximum Gasteiger partial charge on any atom is 0.132 e. The molecule has 0 aliphatic heterocycles. The first kappa shape index (κ1) is 13.3. The summed E-state index contributed by atoms with van der Waals surface area (Å²) in [6.07, 6.45) is 0.973. The summed E-state index contributed by atoms with van der Waals surface area (Å²) in [4.78, 5) is 4.37. The van der Waals surface area contributed by atoms with Gasteiger partial charge < -0.3 is 5.73 Å². The van der Waals surface area contributed by atoms with Gasteiger partial charge >= 0.3 is 0 Å². The summed E-state index contributed by atoms with van der Waals surface area (Å²) in [5.41, 5.74) is 9.16. The summed E-state index contributed by atoms with van der Waals surface area (Å²) in [6, 6.07) is 8.41. The molecule has 0 aliphatic rings. The number of halogens is 1. The van der Waals surface area contributed by atoms with E-state index in [1.54, 1.807) is 0 Å². The van der Waals surface area contributed by atoms with E-state index in [9.17, 15) is 0 Å². The van der Waals surface area contributed by atoms with E-state index in [0.29, 0.717) is 11.7 Å². The average Bonchev–Trinajstić information content (AvgIpc) is 2.31. The van der Waals surface area contributed by atoms with Crippen molar-refractivity contribution in [2.45, 2.75) is 27.2 Å². The number of pyridine rings is 1. The highest BCUT2D eigenvalue weighted by atomic mass is 35.5. The van der Waals surface area contributed by atoms with Gasteiger partial charge in [0.15, 0.2) is 0 Å².